The second kappa shape index (κ2) is 15.7. The predicted octanol–water partition coefficient (Wildman–Crippen LogP) is 14.2. The van der Waals surface area contributed by atoms with Crippen molar-refractivity contribution >= 4 is 16.8 Å². The van der Waals surface area contributed by atoms with E-state index < -0.39 is 10.8 Å². The normalized spacial score (nSPS) is 14.4. The first-order valence-corrected chi connectivity index (χ1v) is 22.7. The van der Waals surface area contributed by atoms with Crippen LogP contribution in [-0.4, -0.2) is 13.2 Å². The standard InChI is InChI=1S/C64H44O2/c1-3-37-65-53-35-27-45-39-51(33-25-47(45)41-53)63(59-17-9-5-13-55(59)56-14-6-10-18-60(56)63)49-29-21-43(22-30-49)44-23-31-50(32-24-44)64(61-19-11-7-15-57(61)58-16-8-12-20-62(58)64)52-34-26-48-42-54(66-38-4-2)36-28-46(48)40-52/h1-2,5-27,29-35,39-42H,28,36-38H2. The van der Waals surface area contributed by atoms with Crippen molar-refractivity contribution < 1.29 is 9.47 Å². The molecule has 66 heavy (non-hydrogen) atoms. The molecule has 0 fully saturated rings. The van der Waals surface area contributed by atoms with E-state index in [1.165, 1.54) is 89.0 Å². The first-order valence-electron chi connectivity index (χ1n) is 22.7. The van der Waals surface area contributed by atoms with Gasteiger partial charge in [-0.3, -0.25) is 0 Å². The fraction of sp³-hybridized carbons (Fsp3) is 0.0938. The quantitative estimate of drug-likeness (QED) is 0.135. The predicted molar refractivity (Wildman–Crippen MR) is 269 cm³/mol. The van der Waals surface area contributed by atoms with Crippen LogP contribution in [0.15, 0.2) is 206 Å². The smallest absolute Gasteiger partial charge is 0.148 e. The van der Waals surface area contributed by atoms with Gasteiger partial charge in [-0.1, -0.05) is 194 Å². The number of terminal acetylenes is 2. The molecule has 9 aromatic carbocycles. The summed E-state index contributed by atoms with van der Waals surface area (Å²) < 4.78 is 11.7. The van der Waals surface area contributed by atoms with E-state index >= 15 is 0 Å². The van der Waals surface area contributed by atoms with Crippen LogP contribution in [0.5, 0.6) is 5.75 Å². The Kier molecular flexibility index (Phi) is 9.38. The number of benzene rings is 9. The highest BCUT2D eigenvalue weighted by Gasteiger charge is 2.47. The molecular formula is C64H44O2. The molecule has 0 saturated heterocycles. The molecule has 0 spiro atoms. The highest BCUT2D eigenvalue weighted by molar-refractivity contribution is 5.91. The van der Waals surface area contributed by atoms with Crippen molar-refractivity contribution in [1.29, 1.82) is 0 Å². The molecule has 2 heteroatoms. The maximum atomic E-state index is 5.88. The van der Waals surface area contributed by atoms with Gasteiger partial charge in [0.05, 0.1) is 16.6 Å². The van der Waals surface area contributed by atoms with Gasteiger partial charge in [0.25, 0.3) is 0 Å². The molecule has 3 aliphatic carbocycles. The van der Waals surface area contributed by atoms with Crippen LogP contribution in [0.2, 0.25) is 0 Å². The summed E-state index contributed by atoms with van der Waals surface area (Å²) in [4.78, 5) is 0. The van der Waals surface area contributed by atoms with Gasteiger partial charge in [0.1, 0.15) is 19.0 Å². The average Bonchev–Trinajstić information content (AvgIpc) is 3.86. The lowest BCUT2D eigenvalue weighted by Crippen LogP contribution is -2.29. The van der Waals surface area contributed by atoms with Crippen molar-refractivity contribution in [2.75, 3.05) is 13.2 Å². The zero-order valence-corrected chi connectivity index (χ0v) is 36.4. The van der Waals surface area contributed by atoms with E-state index in [9.17, 15) is 0 Å². The Morgan fingerprint density at radius 2 is 0.848 bits per heavy atom. The monoisotopic (exact) mass is 844 g/mol. The number of hydrogen-bond donors (Lipinski definition) is 0. The molecule has 0 N–H and O–H groups in total. The van der Waals surface area contributed by atoms with Crippen molar-refractivity contribution in [1.82, 2.24) is 0 Å². The molecular weight excluding hydrogens is 801 g/mol. The molecule has 0 radical (unpaired) electrons. The Labute approximate surface area is 386 Å². The third-order valence-electron chi connectivity index (χ3n) is 14.3. The van der Waals surface area contributed by atoms with E-state index in [0.29, 0.717) is 0 Å². The van der Waals surface area contributed by atoms with Crippen molar-refractivity contribution in [2.45, 2.75) is 23.7 Å². The van der Waals surface area contributed by atoms with Gasteiger partial charge in [-0.05, 0) is 130 Å². The third-order valence-corrected chi connectivity index (χ3v) is 14.3. The van der Waals surface area contributed by atoms with Crippen molar-refractivity contribution in [3.05, 3.63) is 262 Å². The van der Waals surface area contributed by atoms with Crippen LogP contribution in [0, 0.1) is 24.7 Å². The summed E-state index contributed by atoms with van der Waals surface area (Å²) in [5, 5.41) is 2.26. The molecule has 0 heterocycles. The zero-order valence-electron chi connectivity index (χ0n) is 36.4. The van der Waals surface area contributed by atoms with Gasteiger partial charge in [0.2, 0.25) is 0 Å². The van der Waals surface area contributed by atoms with Gasteiger partial charge in [-0.2, -0.15) is 0 Å². The molecule has 9 aromatic rings. The molecule has 0 aliphatic heterocycles. The number of aryl methyl sites for hydroxylation is 1. The Morgan fingerprint density at radius 3 is 1.38 bits per heavy atom. The van der Waals surface area contributed by atoms with Crippen LogP contribution in [0.3, 0.4) is 0 Å². The molecule has 0 amide bonds. The Bertz CT molecular complexity index is 3410. The average molecular weight is 845 g/mol. The summed E-state index contributed by atoms with van der Waals surface area (Å²) in [5.41, 5.74) is 19.1. The number of fused-ring (bicyclic) bond motifs is 8. The SMILES string of the molecule is C#CCOC1=Cc2ccc(C3(c4ccc(-c5ccc(C6(c7ccc8cc(OCC#C)ccc8c7)c7ccccc7-c7ccccc76)cc5)cc4)c4ccccc4-c4ccccc43)cc2CC1. The molecule has 0 bridgehead atoms. The Balaban J connectivity index is 0.967. The van der Waals surface area contributed by atoms with Gasteiger partial charge in [-0.15, -0.1) is 12.8 Å². The largest absolute Gasteiger partial charge is 0.485 e. The minimum absolute atomic E-state index is 0.240. The van der Waals surface area contributed by atoms with Gasteiger partial charge < -0.3 is 9.47 Å². The molecule has 12 rings (SSSR count). The minimum Gasteiger partial charge on any atom is -0.485 e. The summed E-state index contributed by atoms with van der Waals surface area (Å²) in [6.45, 7) is 0.530. The first kappa shape index (κ1) is 39.3. The van der Waals surface area contributed by atoms with Gasteiger partial charge in [-0.25, -0.2) is 0 Å². The maximum absolute atomic E-state index is 5.88. The van der Waals surface area contributed by atoms with Crippen LogP contribution in [0.1, 0.15) is 62.1 Å². The number of rotatable bonds is 9. The number of hydrogen-bond acceptors (Lipinski definition) is 2. The highest BCUT2D eigenvalue weighted by atomic mass is 16.5. The lowest BCUT2D eigenvalue weighted by atomic mass is 9.66. The summed E-state index contributed by atoms with van der Waals surface area (Å²) in [7, 11) is 0. The van der Waals surface area contributed by atoms with Crippen LogP contribution < -0.4 is 4.74 Å². The van der Waals surface area contributed by atoms with E-state index in [1.807, 2.05) is 6.07 Å². The fourth-order valence-corrected chi connectivity index (χ4v) is 11.5. The zero-order chi connectivity index (χ0) is 44.2. The second-order valence-electron chi connectivity index (χ2n) is 17.6. The Morgan fingerprint density at radius 1 is 0.409 bits per heavy atom. The van der Waals surface area contributed by atoms with Gasteiger partial charge >= 0.3 is 0 Å². The topological polar surface area (TPSA) is 18.5 Å². The molecule has 3 aliphatic rings. The maximum Gasteiger partial charge on any atom is 0.148 e. The Hall–Kier alpha value is -8.30. The van der Waals surface area contributed by atoms with Gasteiger partial charge in [0, 0.05) is 6.42 Å². The summed E-state index contributed by atoms with van der Waals surface area (Å²) >= 11 is 0. The molecule has 0 unspecified atom stereocenters. The van der Waals surface area contributed by atoms with Crippen LogP contribution >= 0.6 is 0 Å². The third kappa shape index (κ3) is 5.93. The van der Waals surface area contributed by atoms with E-state index in [0.717, 1.165) is 35.1 Å². The van der Waals surface area contributed by atoms with Gasteiger partial charge in [0.15, 0.2) is 0 Å². The van der Waals surface area contributed by atoms with Crippen molar-refractivity contribution in [3.8, 4) is 63.8 Å². The van der Waals surface area contributed by atoms with E-state index in [-0.39, 0.29) is 13.2 Å². The lowest BCUT2D eigenvalue weighted by molar-refractivity contribution is 0.244. The van der Waals surface area contributed by atoms with E-state index in [4.69, 9.17) is 22.3 Å². The van der Waals surface area contributed by atoms with Crippen LogP contribution in [0.25, 0.3) is 50.2 Å². The van der Waals surface area contributed by atoms with Crippen LogP contribution in [-0.2, 0) is 22.0 Å². The molecule has 0 saturated carbocycles. The van der Waals surface area contributed by atoms with Crippen molar-refractivity contribution in [2.24, 2.45) is 0 Å². The molecule has 2 nitrogen and oxygen atoms in total. The molecule has 0 atom stereocenters. The van der Waals surface area contributed by atoms with Crippen molar-refractivity contribution in [3.63, 3.8) is 0 Å². The number of ether oxygens (including phenoxy) is 2. The first-order chi connectivity index (χ1) is 32.6. The summed E-state index contributed by atoms with van der Waals surface area (Å²) in [6.07, 6.45) is 14.9. The fourth-order valence-electron chi connectivity index (χ4n) is 11.5. The van der Waals surface area contributed by atoms with E-state index in [1.54, 1.807) is 0 Å². The second-order valence-corrected chi connectivity index (χ2v) is 17.6. The minimum atomic E-state index is -0.529. The van der Waals surface area contributed by atoms with E-state index in [2.05, 4.69) is 212 Å². The molecule has 0 aromatic heterocycles. The molecule has 312 valence electrons. The summed E-state index contributed by atoms with van der Waals surface area (Å²) in [6, 6.07) is 74.5. The summed E-state index contributed by atoms with van der Waals surface area (Å²) in [5.74, 6) is 6.91. The number of allylic oxidation sites excluding steroid dienone is 1. The lowest BCUT2D eigenvalue weighted by Gasteiger charge is -2.35. The highest BCUT2D eigenvalue weighted by Crippen LogP contribution is 2.58. The van der Waals surface area contributed by atoms with Crippen LogP contribution in [0.4, 0.5) is 0 Å².